The largest absolute Gasteiger partial charge is 0.481 e. The van der Waals surface area contributed by atoms with Crippen LogP contribution in [0.2, 0.25) is 0 Å². The summed E-state index contributed by atoms with van der Waals surface area (Å²) < 4.78 is 66.6. The SMILES string of the molecule is CN(C1CCc2c(CC(=O)O)c3cc(S(C)(=O)=O)ccc3n2C1)S(=O)(=O)c1ccc(F)cc1. The van der Waals surface area contributed by atoms with Crippen LogP contribution in [-0.2, 0) is 44.0 Å². The summed E-state index contributed by atoms with van der Waals surface area (Å²) in [6.07, 6.45) is 1.71. The molecule has 0 fully saturated rings. The second-order valence-corrected chi connectivity index (χ2v) is 12.2. The van der Waals surface area contributed by atoms with Crippen LogP contribution in [0.5, 0.6) is 0 Å². The number of carboxylic acids is 1. The molecule has 33 heavy (non-hydrogen) atoms. The monoisotopic (exact) mass is 494 g/mol. The third kappa shape index (κ3) is 4.28. The number of fused-ring (bicyclic) bond motifs is 3. The minimum absolute atomic E-state index is 0.0149. The number of carbonyl (C=O) groups is 1. The molecule has 0 spiro atoms. The van der Waals surface area contributed by atoms with Gasteiger partial charge in [0.1, 0.15) is 5.82 Å². The Morgan fingerprint density at radius 1 is 1.12 bits per heavy atom. The highest BCUT2D eigenvalue weighted by molar-refractivity contribution is 7.90. The summed E-state index contributed by atoms with van der Waals surface area (Å²) >= 11 is 0. The van der Waals surface area contributed by atoms with Gasteiger partial charge < -0.3 is 9.67 Å². The average Bonchev–Trinajstić information content (AvgIpc) is 3.05. The van der Waals surface area contributed by atoms with Crippen LogP contribution in [0.15, 0.2) is 52.3 Å². The van der Waals surface area contributed by atoms with Crippen LogP contribution in [0.25, 0.3) is 10.9 Å². The first-order valence-corrected chi connectivity index (χ1v) is 13.5. The zero-order valence-electron chi connectivity index (χ0n) is 18.0. The number of hydrogen-bond acceptors (Lipinski definition) is 5. The van der Waals surface area contributed by atoms with Gasteiger partial charge in [0.15, 0.2) is 9.84 Å². The molecule has 4 rings (SSSR count). The van der Waals surface area contributed by atoms with Gasteiger partial charge in [-0.2, -0.15) is 4.31 Å². The molecule has 1 aromatic heterocycles. The van der Waals surface area contributed by atoms with E-state index >= 15 is 0 Å². The molecule has 0 saturated heterocycles. The number of carboxylic acid groups (broad SMARTS) is 1. The molecule has 176 valence electrons. The van der Waals surface area contributed by atoms with Gasteiger partial charge in [-0.25, -0.2) is 21.2 Å². The summed E-state index contributed by atoms with van der Waals surface area (Å²) in [7, 11) is -5.89. The third-order valence-electron chi connectivity index (χ3n) is 6.13. The number of aliphatic carboxylic acids is 1. The number of hydrogen-bond donors (Lipinski definition) is 1. The van der Waals surface area contributed by atoms with Gasteiger partial charge in [-0.1, -0.05) is 0 Å². The molecule has 0 amide bonds. The minimum Gasteiger partial charge on any atom is -0.481 e. The van der Waals surface area contributed by atoms with E-state index in [4.69, 9.17) is 0 Å². The highest BCUT2D eigenvalue weighted by atomic mass is 32.2. The summed E-state index contributed by atoms with van der Waals surface area (Å²) in [6.45, 7) is 0.278. The van der Waals surface area contributed by atoms with Crippen molar-refractivity contribution < 1.29 is 31.1 Å². The normalized spacial score (nSPS) is 16.8. The molecule has 3 aromatic rings. The predicted molar refractivity (Wildman–Crippen MR) is 120 cm³/mol. The molecule has 2 aromatic carbocycles. The van der Waals surface area contributed by atoms with Crippen LogP contribution in [-0.4, -0.2) is 56.1 Å². The second-order valence-electron chi connectivity index (χ2n) is 8.23. The van der Waals surface area contributed by atoms with Crippen molar-refractivity contribution >= 4 is 36.7 Å². The van der Waals surface area contributed by atoms with E-state index in [1.807, 2.05) is 4.57 Å². The highest BCUT2D eigenvalue weighted by Crippen LogP contribution is 2.34. The first-order valence-electron chi connectivity index (χ1n) is 10.2. The Morgan fingerprint density at radius 3 is 2.36 bits per heavy atom. The molecule has 1 atom stereocenters. The third-order valence-corrected chi connectivity index (χ3v) is 9.16. The van der Waals surface area contributed by atoms with Crippen LogP contribution in [0.1, 0.15) is 17.7 Å². The Balaban J connectivity index is 1.76. The average molecular weight is 495 g/mol. The lowest BCUT2D eigenvalue weighted by atomic mass is 10.0. The van der Waals surface area contributed by atoms with Gasteiger partial charge in [-0.3, -0.25) is 4.79 Å². The fraction of sp³-hybridized carbons (Fsp3) is 0.318. The van der Waals surface area contributed by atoms with Crippen molar-refractivity contribution in [2.45, 2.75) is 41.6 Å². The lowest BCUT2D eigenvalue weighted by Crippen LogP contribution is -2.42. The van der Waals surface area contributed by atoms with Crippen molar-refractivity contribution in [2.75, 3.05) is 13.3 Å². The highest BCUT2D eigenvalue weighted by Gasteiger charge is 2.33. The number of nitrogens with zero attached hydrogens (tertiary/aromatic N) is 2. The van der Waals surface area contributed by atoms with E-state index in [1.165, 1.54) is 35.6 Å². The fourth-order valence-electron chi connectivity index (χ4n) is 4.40. The standard InChI is InChI=1S/C22H23FN2O6S2/c1-24(33(30,31)16-6-3-14(23)4-7-16)15-5-9-20-19(12-22(26)27)18-11-17(32(2,28)29)8-10-21(18)25(20)13-15/h3-4,6-8,10-11,15H,5,9,12-13H2,1-2H3,(H,26,27). The molecule has 11 heteroatoms. The van der Waals surface area contributed by atoms with Crippen molar-refractivity contribution in [2.24, 2.45) is 0 Å². The van der Waals surface area contributed by atoms with E-state index in [-0.39, 0.29) is 22.8 Å². The van der Waals surface area contributed by atoms with Crippen LogP contribution in [0, 0.1) is 5.82 Å². The first-order chi connectivity index (χ1) is 15.4. The number of benzene rings is 2. The summed E-state index contributed by atoms with van der Waals surface area (Å²) in [5.74, 6) is -1.56. The molecule has 8 nitrogen and oxygen atoms in total. The quantitative estimate of drug-likeness (QED) is 0.563. The fourth-order valence-corrected chi connectivity index (χ4v) is 6.43. The number of aromatic nitrogens is 1. The number of halogens is 1. The van der Waals surface area contributed by atoms with E-state index in [0.717, 1.165) is 24.1 Å². The van der Waals surface area contributed by atoms with Gasteiger partial charge in [-0.05, 0) is 60.9 Å². The molecular formula is C22H23FN2O6S2. The molecule has 1 N–H and O–H groups in total. The van der Waals surface area contributed by atoms with Crippen molar-refractivity contribution in [3.05, 3.63) is 59.5 Å². The van der Waals surface area contributed by atoms with E-state index in [1.54, 1.807) is 6.07 Å². The number of likely N-dealkylation sites (N-methyl/N-ethyl adjacent to an activating group) is 1. The molecule has 1 unspecified atom stereocenters. The maximum atomic E-state index is 13.2. The van der Waals surface area contributed by atoms with E-state index in [2.05, 4.69) is 0 Å². The van der Waals surface area contributed by atoms with Crippen molar-refractivity contribution in [1.29, 1.82) is 0 Å². The van der Waals surface area contributed by atoms with Crippen LogP contribution >= 0.6 is 0 Å². The summed E-state index contributed by atoms with van der Waals surface area (Å²) in [5, 5.41) is 9.97. The van der Waals surface area contributed by atoms with Gasteiger partial charge in [-0.15, -0.1) is 0 Å². The maximum absolute atomic E-state index is 13.2. The summed E-state index contributed by atoms with van der Waals surface area (Å²) in [5.41, 5.74) is 1.97. The molecule has 1 aliphatic heterocycles. The molecule has 0 bridgehead atoms. The van der Waals surface area contributed by atoms with Crippen molar-refractivity contribution in [1.82, 2.24) is 8.87 Å². The number of rotatable bonds is 6. The van der Waals surface area contributed by atoms with Gasteiger partial charge in [0.05, 0.1) is 16.2 Å². The summed E-state index contributed by atoms with van der Waals surface area (Å²) in [4.78, 5) is 11.6. The van der Waals surface area contributed by atoms with Gasteiger partial charge in [0.25, 0.3) is 0 Å². The topological polar surface area (TPSA) is 114 Å². The van der Waals surface area contributed by atoms with Crippen LogP contribution in [0.4, 0.5) is 4.39 Å². The molecular weight excluding hydrogens is 471 g/mol. The summed E-state index contributed by atoms with van der Waals surface area (Å²) in [6, 6.07) is 8.80. The maximum Gasteiger partial charge on any atom is 0.307 e. The lowest BCUT2D eigenvalue weighted by molar-refractivity contribution is -0.136. The van der Waals surface area contributed by atoms with E-state index in [9.17, 15) is 31.1 Å². The Kier molecular flexibility index (Phi) is 5.83. The Hall–Kier alpha value is -2.76. The molecule has 0 aliphatic carbocycles. The molecule has 0 radical (unpaired) electrons. The molecule has 2 heterocycles. The van der Waals surface area contributed by atoms with Gasteiger partial charge in [0, 0.05) is 42.5 Å². The Morgan fingerprint density at radius 2 is 1.76 bits per heavy atom. The number of sulfone groups is 1. The minimum atomic E-state index is -3.87. The van der Waals surface area contributed by atoms with Crippen molar-refractivity contribution in [3.8, 4) is 0 Å². The smallest absolute Gasteiger partial charge is 0.307 e. The predicted octanol–water partition coefficient (Wildman–Crippen LogP) is 2.45. The first kappa shape index (κ1) is 23.4. The van der Waals surface area contributed by atoms with Gasteiger partial charge >= 0.3 is 5.97 Å². The second kappa shape index (κ2) is 8.23. The Bertz CT molecular complexity index is 1460. The number of sulfonamides is 1. The van der Waals surface area contributed by atoms with Crippen LogP contribution in [0.3, 0.4) is 0 Å². The lowest BCUT2D eigenvalue weighted by Gasteiger charge is -2.32. The van der Waals surface area contributed by atoms with E-state index in [0.29, 0.717) is 29.3 Å². The van der Waals surface area contributed by atoms with E-state index < -0.39 is 37.7 Å². The van der Waals surface area contributed by atoms with Crippen molar-refractivity contribution in [3.63, 3.8) is 0 Å². The molecule has 0 saturated carbocycles. The van der Waals surface area contributed by atoms with Crippen LogP contribution < -0.4 is 0 Å². The Labute approximate surface area is 191 Å². The molecule has 1 aliphatic rings. The zero-order chi connectivity index (χ0) is 24.1. The van der Waals surface area contributed by atoms with Gasteiger partial charge in [0.2, 0.25) is 10.0 Å². The zero-order valence-corrected chi connectivity index (χ0v) is 19.7.